The van der Waals surface area contributed by atoms with Gasteiger partial charge >= 0.3 is 114 Å². The number of halogens is 6. The predicted molar refractivity (Wildman–Crippen MR) is 498 cm³/mol. The van der Waals surface area contributed by atoms with Gasteiger partial charge in [-0.1, -0.05) is 343 Å². The average molecular weight is 1900 g/mol. The van der Waals surface area contributed by atoms with E-state index in [2.05, 4.69) is 324 Å². The van der Waals surface area contributed by atoms with Gasteiger partial charge in [-0.3, -0.25) is 0 Å². The summed E-state index contributed by atoms with van der Waals surface area (Å²) in [6, 6.07) is 46.4. The Morgan fingerprint density at radius 3 is 0.775 bits per heavy atom. The third-order valence-electron chi connectivity index (χ3n) is 28.9. The minimum atomic E-state index is -1.66. The molecular formula is C99H136Cl6Si3Zr3. The molecule has 0 radical (unpaired) electrons. The van der Waals surface area contributed by atoms with E-state index in [0.717, 1.165) is 92.4 Å². The van der Waals surface area contributed by atoms with Gasteiger partial charge in [0.15, 0.2) is 0 Å². The van der Waals surface area contributed by atoms with Crippen molar-refractivity contribution in [2.75, 3.05) is 0 Å². The number of unbranched alkanes of at least 4 members (excludes halogenated alkanes) is 1. The third-order valence-corrected chi connectivity index (χ3v) is 46.0. The van der Waals surface area contributed by atoms with Crippen LogP contribution in [0.5, 0.6) is 0 Å². The summed E-state index contributed by atoms with van der Waals surface area (Å²) >= 11 is -2.48. The van der Waals surface area contributed by atoms with Crippen LogP contribution < -0.4 is 0 Å². The van der Waals surface area contributed by atoms with Crippen LogP contribution in [0.15, 0.2) is 243 Å². The Labute approximate surface area is 739 Å². The van der Waals surface area contributed by atoms with Crippen LogP contribution in [0.25, 0.3) is 22.3 Å². The van der Waals surface area contributed by atoms with Gasteiger partial charge in [0.05, 0.1) is 24.2 Å². The molecule has 0 heterocycles. The fourth-order valence-electron chi connectivity index (χ4n) is 26.2. The fraction of sp³-hybridized carbons (Fsp3) is 0.455. The van der Waals surface area contributed by atoms with Crippen LogP contribution in [0.2, 0.25) is 72.0 Å². The number of benzene rings is 4. The number of hydrogen-bond acceptors (Lipinski definition) is 0. The summed E-state index contributed by atoms with van der Waals surface area (Å²) in [5, 5.41) is 0. The molecule has 0 nitrogen and oxygen atoms in total. The number of allylic oxidation sites excluding steroid dienone is 24. The van der Waals surface area contributed by atoms with Gasteiger partial charge in [0.1, 0.15) is 0 Å². The molecule has 598 valence electrons. The van der Waals surface area contributed by atoms with Crippen molar-refractivity contribution in [1.29, 1.82) is 0 Å². The van der Waals surface area contributed by atoms with Crippen molar-refractivity contribution in [1.82, 2.24) is 0 Å². The molecule has 12 aliphatic carbocycles. The molecule has 6 saturated carbocycles. The molecule has 0 spiro atoms. The summed E-state index contributed by atoms with van der Waals surface area (Å²) in [4.78, 5) is 0. The summed E-state index contributed by atoms with van der Waals surface area (Å²) in [5.74, 6) is 13.8. The van der Waals surface area contributed by atoms with Gasteiger partial charge in [-0.15, -0.1) is 0 Å². The van der Waals surface area contributed by atoms with Crippen molar-refractivity contribution in [2.24, 2.45) is 107 Å². The first-order valence-corrected chi connectivity index (χ1v) is 68.2. The van der Waals surface area contributed by atoms with Crippen molar-refractivity contribution >= 4 is 97.6 Å². The molecule has 4 aromatic rings. The van der Waals surface area contributed by atoms with E-state index in [4.69, 9.17) is 51.1 Å². The Morgan fingerprint density at radius 1 is 0.297 bits per heavy atom. The van der Waals surface area contributed by atoms with Crippen LogP contribution in [0.3, 0.4) is 0 Å². The minimum absolute atomic E-state index is 0. The quantitative estimate of drug-likeness (QED) is 0.0924. The van der Waals surface area contributed by atoms with Crippen LogP contribution in [-0.4, -0.2) is 24.2 Å². The first-order valence-electron chi connectivity index (χ1n) is 40.1. The Kier molecular flexibility index (Phi) is 42.1. The van der Waals surface area contributed by atoms with Crippen molar-refractivity contribution in [2.45, 2.75) is 172 Å². The maximum atomic E-state index is 4.93. The molecule has 0 amide bonds. The van der Waals surface area contributed by atoms with Gasteiger partial charge in [-0.25, -0.2) is 0 Å². The summed E-state index contributed by atoms with van der Waals surface area (Å²) in [6.45, 7) is 31.8. The molecule has 24 atom stereocenters. The summed E-state index contributed by atoms with van der Waals surface area (Å²) in [6.07, 6.45) is 60.1. The summed E-state index contributed by atoms with van der Waals surface area (Å²) in [7, 11) is 25.0. The molecule has 4 aromatic carbocycles. The van der Waals surface area contributed by atoms with Crippen molar-refractivity contribution < 1.29 is 62.5 Å². The zero-order valence-corrected chi connectivity index (χ0v) is 85.5. The monoisotopic (exact) mass is 1890 g/mol. The second-order valence-electron chi connectivity index (χ2n) is 35.1. The SMILES string of the molecule is CC1CC2C(c3ccccc3)=CC=CC2C1[Si](C)(C)C1C(C)CC2C(c3ccccc3)=CC=CC21.CC1CC2C=CC=CC2C1[Si](C)(C)C1C(C)CC2C=CC=CC21.CCCC[Si](C)(C1C(C)CC2C(c3ccccc3)=CC=CC21)C1C(C)CC2C(c3ccccc3)=CC=CC21.[CH3-].[CH3-].[CH3-].[CH3-].[CH3-].[CH3-].[Cl][Zr+2][Cl].[Cl][Zr+2][Cl].[Cl][Zr+2][Cl]. The zero-order valence-electron chi connectivity index (χ0n) is 70.6. The zero-order chi connectivity index (χ0) is 74.7. The van der Waals surface area contributed by atoms with E-state index in [-0.39, 0.29) is 44.6 Å². The number of fused-ring (bicyclic) bond motifs is 6. The first kappa shape index (κ1) is 100. The second kappa shape index (κ2) is 46.6. The van der Waals surface area contributed by atoms with Crippen molar-refractivity contribution in [3.8, 4) is 0 Å². The fourth-order valence-corrected chi connectivity index (χ4v) is 46.5. The van der Waals surface area contributed by atoms with Crippen LogP contribution in [0.4, 0.5) is 0 Å². The predicted octanol–water partition coefficient (Wildman–Crippen LogP) is 32.8. The van der Waals surface area contributed by atoms with E-state index in [1.54, 1.807) is 22.3 Å². The Morgan fingerprint density at radius 2 is 0.514 bits per heavy atom. The molecule has 6 fully saturated rings. The van der Waals surface area contributed by atoms with E-state index in [1.807, 2.05) is 0 Å². The molecule has 0 saturated heterocycles. The van der Waals surface area contributed by atoms with E-state index in [0.29, 0.717) is 47.3 Å². The molecule has 111 heavy (non-hydrogen) atoms. The van der Waals surface area contributed by atoms with Gasteiger partial charge in [-0.05, 0) is 223 Å². The van der Waals surface area contributed by atoms with E-state index in [1.165, 1.54) is 79.7 Å². The number of hydrogen-bond donors (Lipinski definition) is 0. The normalized spacial score (nSPS) is 33.6. The van der Waals surface area contributed by atoms with E-state index >= 15 is 0 Å². The molecule has 12 heteroatoms. The second-order valence-corrected chi connectivity index (χ2v) is 61.1. The van der Waals surface area contributed by atoms with Gasteiger partial charge < -0.3 is 44.6 Å². The van der Waals surface area contributed by atoms with E-state index in [9.17, 15) is 0 Å². The Hall–Kier alpha value is -1.20. The van der Waals surface area contributed by atoms with Crippen LogP contribution >= 0.6 is 51.1 Å². The first-order chi connectivity index (χ1) is 50.7. The standard InChI is InChI=1S/C37H46Si.C34H40Si.C22H32Si.6CH3.6ClH.3Zr/c1-5-6-23-38(4,36-26(2)24-34-30(19-13-21-32(34)36)28-15-9-7-10-16-28)37-27(3)25-35-31(20-14-22-33(35)37)29-17-11-8-12-18-29;1-23-21-31-27(25-13-7-5-8-14-25)17-11-19-29(31)33(23)35(3,4)34-24(2)22-32-28(18-12-20-30(32)34)26-15-9-6-10-16-26;1-15-13-17-9-5-7-11-19(17)21(15)23(3,4)22-16(2)14-18-10-6-8-12-20(18)22;;;;;;;;;;;;;;;/h7-22,26-27,32-37H,5-6,23-25H2,1-4H3;5-20,23-24,29-34H,21-22H2,1-4H3;5-12,15-22H,13-14H2,1-4H3;6*1H3;6*1H;;;/q;;;6*-1;;;;;;;3*+4/p-6. The average Bonchev–Trinajstić information content (AvgIpc) is 1.59. The van der Waals surface area contributed by atoms with Gasteiger partial charge in [-0.2, -0.15) is 0 Å². The topological polar surface area (TPSA) is 0 Å². The Balaban J connectivity index is 0.000000281. The van der Waals surface area contributed by atoms with Crippen molar-refractivity contribution in [3.05, 3.63) is 310 Å². The van der Waals surface area contributed by atoms with Gasteiger partial charge in [0.25, 0.3) is 0 Å². The van der Waals surface area contributed by atoms with Gasteiger partial charge in [0.2, 0.25) is 0 Å². The molecule has 24 unspecified atom stereocenters. The molecule has 16 rings (SSSR count). The van der Waals surface area contributed by atoms with Crippen LogP contribution in [0.1, 0.15) is 122 Å². The maximum absolute atomic E-state index is 4.93. The molecule has 0 aliphatic heterocycles. The molecule has 12 aliphatic rings. The summed E-state index contributed by atoms with van der Waals surface area (Å²) < 4.78 is 0. The Bertz CT molecular complexity index is 3620. The van der Waals surface area contributed by atoms with Crippen LogP contribution in [-0.2, 0) is 62.5 Å². The summed E-state index contributed by atoms with van der Waals surface area (Å²) in [5.41, 5.74) is 17.5. The third kappa shape index (κ3) is 21.9. The molecule has 0 bridgehead atoms. The van der Waals surface area contributed by atoms with Gasteiger partial charge in [0, 0.05) is 0 Å². The van der Waals surface area contributed by atoms with Crippen molar-refractivity contribution in [3.63, 3.8) is 0 Å². The molecule has 0 aromatic heterocycles. The number of rotatable bonds is 13. The molecule has 0 N–H and O–H groups in total. The molecular weight excluding hydrogens is 1760 g/mol. The van der Waals surface area contributed by atoms with E-state index < -0.39 is 86.8 Å². The van der Waals surface area contributed by atoms with Crippen LogP contribution in [0, 0.1) is 151 Å².